The average molecular weight is 470 g/mol. The van der Waals surface area contributed by atoms with Crippen LogP contribution in [0, 0.1) is 0 Å². The van der Waals surface area contributed by atoms with Gasteiger partial charge in [-0.3, -0.25) is 14.5 Å². The number of nitrogens with zero attached hydrogens (tertiary/aromatic N) is 2. The van der Waals surface area contributed by atoms with Crippen LogP contribution in [-0.2, 0) is 11.2 Å². The molecule has 0 bridgehead atoms. The minimum atomic E-state index is 0.0155. The number of hydrogen-bond donors (Lipinski definition) is 1. The standard InChI is InChI=1S/C30H35N3O2/c1-2-19-33(27-17-20-32(21-18-27)30(35)25-13-7-4-8-14-25)23-29(34)31-28-16-10-9-15-26(28)22-24-11-5-3-6-12-24/h3-16,27H,2,17-23H2,1H3,(H,31,34). The Balaban J connectivity index is 1.34. The van der Waals surface area contributed by atoms with Gasteiger partial charge in [-0.2, -0.15) is 0 Å². The highest BCUT2D eigenvalue weighted by atomic mass is 16.2. The zero-order valence-electron chi connectivity index (χ0n) is 20.5. The van der Waals surface area contributed by atoms with E-state index in [4.69, 9.17) is 0 Å². The molecule has 1 aliphatic heterocycles. The first-order valence-corrected chi connectivity index (χ1v) is 12.6. The Morgan fingerprint density at radius 2 is 1.51 bits per heavy atom. The van der Waals surface area contributed by atoms with E-state index in [1.54, 1.807) is 0 Å². The lowest BCUT2D eigenvalue weighted by Crippen LogP contribution is -2.49. The number of hydrogen-bond acceptors (Lipinski definition) is 3. The van der Waals surface area contributed by atoms with Crippen molar-refractivity contribution in [3.8, 4) is 0 Å². The molecule has 0 aromatic heterocycles. The predicted molar refractivity (Wildman–Crippen MR) is 142 cm³/mol. The Bertz CT molecular complexity index is 1090. The van der Waals surface area contributed by atoms with Crippen LogP contribution in [0.4, 0.5) is 5.69 Å². The molecular formula is C30H35N3O2. The molecule has 0 aliphatic carbocycles. The maximum absolute atomic E-state index is 13.1. The van der Waals surface area contributed by atoms with Gasteiger partial charge in [0.05, 0.1) is 6.54 Å². The normalized spacial score (nSPS) is 14.2. The number of carbonyl (C=O) groups is 2. The van der Waals surface area contributed by atoms with Crippen LogP contribution in [0.25, 0.3) is 0 Å². The third kappa shape index (κ3) is 6.80. The maximum Gasteiger partial charge on any atom is 0.253 e. The summed E-state index contributed by atoms with van der Waals surface area (Å²) in [5.41, 5.74) is 3.95. The van der Waals surface area contributed by atoms with Gasteiger partial charge in [0.15, 0.2) is 0 Å². The smallest absolute Gasteiger partial charge is 0.253 e. The van der Waals surface area contributed by atoms with Crippen LogP contribution in [0.1, 0.15) is 47.7 Å². The van der Waals surface area contributed by atoms with Crippen molar-refractivity contribution in [2.75, 3.05) is 31.5 Å². The molecule has 0 radical (unpaired) electrons. The molecule has 1 heterocycles. The molecule has 0 saturated carbocycles. The molecule has 1 aliphatic rings. The molecule has 1 fully saturated rings. The molecule has 3 aromatic carbocycles. The first-order chi connectivity index (χ1) is 17.1. The summed E-state index contributed by atoms with van der Waals surface area (Å²) in [7, 11) is 0. The van der Waals surface area contributed by atoms with Crippen LogP contribution in [0.2, 0.25) is 0 Å². The number of likely N-dealkylation sites (tertiary alicyclic amines) is 1. The second kappa shape index (κ2) is 12.3. The van der Waals surface area contributed by atoms with E-state index >= 15 is 0 Å². The number of anilines is 1. The van der Waals surface area contributed by atoms with Crippen LogP contribution >= 0.6 is 0 Å². The van der Waals surface area contributed by atoms with E-state index < -0.39 is 0 Å². The monoisotopic (exact) mass is 469 g/mol. The van der Waals surface area contributed by atoms with Crippen molar-refractivity contribution in [2.24, 2.45) is 0 Å². The molecule has 182 valence electrons. The molecule has 5 nitrogen and oxygen atoms in total. The first kappa shape index (κ1) is 24.7. The zero-order chi connectivity index (χ0) is 24.5. The Morgan fingerprint density at radius 1 is 0.886 bits per heavy atom. The fourth-order valence-electron chi connectivity index (χ4n) is 4.86. The van der Waals surface area contributed by atoms with Crippen LogP contribution in [0.5, 0.6) is 0 Å². The molecule has 2 amide bonds. The maximum atomic E-state index is 13.1. The minimum Gasteiger partial charge on any atom is -0.339 e. The van der Waals surface area contributed by atoms with Crippen LogP contribution in [0.15, 0.2) is 84.9 Å². The van der Waals surface area contributed by atoms with Crippen LogP contribution < -0.4 is 5.32 Å². The average Bonchev–Trinajstić information content (AvgIpc) is 2.90. The molecule has 1 N–H and O–H groups in total. The van der Waals surface area contributed by atoms with Crippen molar-refractivity contribution in [1.82, 2.24) is 9.80 Å². The van der Waals surface area contributed by atoms with Crippen molar-refractivity contribution in [1.29, 1.82) is 0 Å². The summed E-state index contributed by atoms with van der Waals surface area (Å²) in [4.78, 5) is 30.1. The predicted octanol–water partition coefficient (Wildman–Crippen LogP) is 5.23. The lowest BCUT2D eigenvalue weighted by Gasteiger charge is -2.38. The van der Waals surface area contributed by atoms with Gasteiger partial charge in [-0.25, -0.2) is 0 Å². The topological polar surface area (TPSA) is 52.7 Å². The number of carbonyl (C=O) groups excluding carboxylic acids is 2. The van der Waals surface area contributed by atoms with Crippen LogP contribution in [0.3, 0.4) is 0 Å². The van der Waals surface area contributed by atoms with Gasteiger partial charge in [-0.05, 0) is 61.6 Å². The van der Waals surface area contributed by atoms with Crippen LogP contribution in [-0.4, -0.2) is 53.8 Å². The summed E-state index contributed by atoms with van der Waals surface area (Å²) in [5.74, 6) is 0.112. The third-order valence-electron chi connectivity index (χ3n) is 6.68. The van der Waals surface area contributed by atoms with E-state index in [-0.39, 0.29) is 11.8 Å². The van der Waals surface area contributed by atoms with Crippen molar-refractivity contribution >= 4 is 17.5 Å². The van der Waals surface area contributed by atoms with E-state index in [2.05, 4.69) is 35.3 Å². The summed E-state index contributed by atoms with van der Waals surface area (Å²) >= 11 is 0. The number of para-hydroxylation sites is 1. The fraction of sp³-hybridized carbons (Fsp3) is 0.333. The van der Waals surface area contributed by atoms with Gasteiger partial charge < -0.3 is 10.2 Å². The Labute approximate surface area is 208 Å². The molecule has 0 spiro atoms. The zero-order valence-corrected chi connectivity index (χ0v) is 20.5. The largest absolute Gasteiger partial charge is 0.339 e. The van der Waals surface area contributed by atoms with Crippen molar-refractivity contribution in [2.45, 2.75) is 38.6 Å². The van der Waals surface area contributed by atoms with Gasteiger partial charge in [0.25, 0.3) is 5.91 Å². The van der Waals surface area contributed by atoms with E-state index in [0.717, 1.165) is 62.1 Å². The number of rotatable bonds is 9. The van der Waals surface area contributed by atoms with Crippen molar-refractivity contribution < 1.29 is 9.59 Å². The lowest BCUT2D eigenvalue weighted by atomic mass is 10.0. The number of amides is 2. The molecule has 3 aromatic rings. The molecule has 1 saturated heterocycles. The highest BCUT2D eigenvalue weighted by molar-refractivity contribution is 5.94. The number of piperidine rings is 1. The summed E-state index contributed by atoms with van der Waals surface area (Å²) in [6.07, 6.45) is 3.54. The Hall–Kier alpha value is -3.44. The van der Waals surface area contributed by atoms with Gasteiger partial charge in [-0.15, -0.1) is 0 Å². The van der Waals surface area contributed by atoms with E-state index in [0.29, 0.717) is 12.6 Å². The second-order valence-electron chi connectivity index (χ2n) is 9.23. The van der Waals surface area contributed by atoms with Crippen molar-refractivity contribution in [3.05, 3.63) is 102 Å². The fourth-order valence-corrected chi connectivity index (χ4v) is 4.86. The van der Waals surface area contributed by atoms with Gasteiger partial charge in [0.2, 0.25) is 5.91 Å². The molecule has 4 rings (SSSR count). The highest BCUT2D eigenvalue weighted by Crippen LogP contribution is 2.21. The van der Waals surface area contributed by atoms with E-state index in [9.17, 15) is 9.59 Å². The molecule has 5 heteroatoms. The molecule has 0 unspecified atom stereocenters. The van der Waals surface area contributed by atoms with E-state index in [1.807, 2.05) is 71.6 Å². The van der Waals surface area contributed by atoms with Gasteiger partial charge in [0.1, 0.15) is 0 Å². The Morgan fingerprint density at radius 3 is 2.20 bits per heavy atom. The van der Waals surface area contributed by atoms with Gasteiger partial charge >= 0.3 is 0 Å². The summed E-state index contributed by atoms with van der Waals surface area (Å²) in [6.45, 7) is 4.83. The Kier molecular flexibility index (Phi) is 8.68. The minimum absolute atomic E-state index is 0.0155. The van der Waals surface area contributed by atoms with Gasteiger partial charge in [0, 0.05) is 30.4 Å². The molecular weight excluding hydrogens is 434 g/mol. The summed E-state index contributed by atoms with van der Waals surface area (Å²) in [5, 5.41) is 3.16. The highest BCUT2D eigenvalue weighted by Gasteiger charge is 2.28. The first-order valence-electron chi connectivity index (χ1n) is 12.6. The molecule has 0 atom stereocenters. The third-order valence-corrected chi connectivity index (χ3v) is 6.68. The summed E-state index contributed by atoms with van der Waals surface area (Å²) < 4.78 is 0. The van der Waals surface area contributed by atoms with Gasteiger partial charge in [-0.1, -0.05) is 73.7 Å². The second-order valence-corrected chi connectivity index (χ2v) is 9.23. The van der Waals surface area contributed by atoms with E-state index in [1.165, 1.54) is 5.56 Å². The molecule has 35 heavy (non-hydrogen) atoms. The quantitative estimate of drug-likeness (QED) is 0.467. The number of nitrogens with one attached hydrogen (secondary N) is 1. The SMILES string of the molecule is CCCN(CC(=O)Nc1ccccc1Cc1ccccc1)C1CCN(C(=O)c2ccccc2)CC1. The van der Waals surface area contributed by atoms with Crippen molar-refractivity contribution in [3.63, 3.8) is 0 Å². The lowest BCUT2D eigenvalue weighted by molar-refractivity contribution is -0.118. The summed E-state index contributed by atoms with van der Waals surface area (Å²) in [6, 6.07) is 28.1. The number of benzene rings is 3.